The zero-order valence-corrected chi connectivity index (χ0v) is 17.5. The topological polar surface area (TPSA) is 53.5 Å². The molecular formula is C23H25BN2O3. The fraction of sp³-hybridized carbons (Fsp3) is 0.304. The molecule has 0 saturated carbocycles. The minimum atomic E-state index is -0.391. The van der Waals surface area contributed by atoms with Gasteiger partial charge in [0.25, 0.3) is 0 Å². The van der Waals surface area contributed by atoms with Crippen LogP contribution in [0.2, 0.25) is 0 Å². The zero-order valence-electron chi connectivity index (χ0n) is 17.5. The molecule has 0 spiro atoms. The molecule has 1 aliphatic heterocycles. The molecule has 0 atom stereocenters. The Morgan fingerprint density at radius 3 is 2.21 bits per heavy atom. The Kier molecular flexibility index (Phi) is 4.93. The minimum Gasteiger partial charge on any atom is -0.438 e. The summed E-state index contributed by atoms with van der Waals surface area (Å²) >= 11 is 0. The molecule has 1 aromatic carbocycles. The second-order valence-corrected chi connectivity index (χ2v) is 8.31. The lowest BCUT2D eigenvalue weighted by Crippen LogP contribution is -2.41. The van der Waals surface area contributed by atoms with Crippen LogP contribution in [0.5, 0.6) is 11.6 Å². The highest BCUT2D eigenvalue weighted by Crippen LogP contribution is 2.37. The normalized spacial score (nSPS) is 17.3. The van der Waals surface area contributed by atoms with Gasteiger partial charge in [0.1, 0.15) is 5.75 Å². The molecule has 2 aromatic heterocycles. The summed E-state index contributed by atoms with van der Waals surface area (Å²) < 4.78 is 18.3. The molecule has 3 aromatic rings. The maximum Gasteiger partial charge on any atom is 0.494 e. The molecule has 148 valence electrons. The molecule has 0 bridgehead atoms. The van der Waals surface area contributed by atoms with Crippen molar-refractivity contribution in [2.75, 3.05) is 0 Å². The van der Waals surface area contributed by atoms with Crippen LogP contribution in [-0.2, 0) is 9.31 Å². The second kappa shape index (κ2) is 7.28. The molecule has 1 saturated heterocycles. The quantitative estimate of drug-likeness (QED) is 0.614. The summed E-state index contributed by atoms with van der Waals surface area (Å²) in [5, 5.41) is 0. The van der Waals surface area contributed by atoms with E-state index >= 15 is 0 Å². The number of hydrogen-bond acceptors (Lipinski definition) is 5. The lowest BCUT2D eigenvalue weighted by atomic mass is 9.79. The first-order chi connectivity index (χ1) is 13.8. The smallest absolute Gasteiger partial charge is 0.438 e. The summed E-state index contributed by atoms with van der Waals surface area (Å²) in [6, 6.07) is 13.6. The molecule has 0 N–H and O–H groups in total. The van der Waals surface area contributed by atoms with E-state index in [2.05, 4.69) is 9.97 Å². The number of aryl methyl sites for hydroxylation is 1. The third kappa shape index (κ3) is 3.78. The van der Waals surface area contributed by atoms with E-state index in [4.69, 9.17) is 14.0 Å². The number of pyridine rings is 2. The van der Waals surface area contributed by atoms with Crippen molar-refractivity contribution in [1.82, 2.24) is 9.97 Å². The Labute approximate surface area is 172 Å². The van der Waals surface area contributed by atoms with Crippen LogP contribution in [0, 0.1) is 6.92 Å². The highest BCUT2D eigenvalue weighted by Gasteiger charge is 2.51. The number of ether oxygens (including phenoxy) is 1. The van der Waals surface area contributed by atoms with Crippen LogP contribution in [-0.4, -0.2) is 28.3 Å². The van der Waals surface area contributed by atoms with Crippen LogP contribution in [0.4, 0.5) is 0 Å². The third-order valence-electron chi connectivity index (χ3n) is 5.72. The van der Waals surface area contributed by atoms with Gasteiger partial charge < -0.3 is 14.0 Å². The molecular weight excluding hydrogens is 363 g/mol. The molecule has 29 heavy (non-hydrogen) atoms. The minimum absolute atomic E-state index is 0.364. The summed E-state index contributed by atoms with van der Waals surface area (Å²) in [5.74, 6) is 1.25. The zero-order chi connectivity index (χ0) is 20.6. The van der Waals surface area contributed by atoms with Gasteiger partial charge in [-0.2, -0.15) is 0 Å². The molecule has 5 nitrogen and oxygen atoms in total. The Morgan fingerprint density at radius 2 is 1.55 bits per heavy atom. The number of nitrogens with zero attached hydrogens (tertiary/aromatic N) is 2. The van der Waals surface area contributed by atoms with Crippen molar-refractivity contribution in [2.24, 2.45) is 0 Å². The molecule has 0 aliphatic carbocycles. The van der Waals surface area contributed by atoms with E-state index in [9.17, 15) is 0 Å². The molecule has 1 fully saturated rings. The van der Waals surface area contributed by atoms with E-state index < -0.39 is 7.12 Å². The van der Waals surface area contributed by atoms with E-state index in [0.29, 0.717) is 11.6 Å². The highest BCUT2D eigenvalue weighted by molar-refractivity contribution is 6.62. The van der Waals surface area contributed by atoms with Crippen molar-refractivity contribution < 1.29 is 14.0 Å². The third-order valence-corrected chi connectivity index (χ3v) is 5.72. The fourth-order valence-corrected chi connectivity index (χ4v) is 3.21. The first kappa shape index (κ1) is 19.6. The summed E-state index contributed by atoms with van der Waals surface area (Å²) in [5.41, 5.74) is 3.26. The van der Waals surface area contributed by atoms with Crippen LogP contribution in [0.1, 0.15) is 33.3 Å². The molecule has 3 heterocycles. The highest BCUT2D eigenvalue weighted by atomic mass is 16.7. The van der Waals surface area contributed by atoms with Gasteiger partial charge in [0, 0.05) is 29.7 Å². The molecule has 1 aliphatic rings. The Bertz CT molecular complexity index is 1000. The average molecular weight is 388 g/mol. The van der Waals surface area contributed by atoms with Gasteiger partial charge in [-0.15, -0.1) is 0 Å². The van der Waals surface area contributed by atoms with Gasteiger partial charge in [-0.3, -0.25) is 4.98 Å². The summed E-state index contributed by atoms with van der Waals surface area (Å²) in [7, 11) is -0.391. The summed E-state index contributed by atoms with van der Waals surface area (Å²) in [4.78, 5) is 8.67. The van der Waals surface area contributed by atoms with Crippen molar-refractivity contribution in [3.05, 3.63) is 66.6 Å². The number of hydrogen-bond donors (Lipinski definition) is 0. The second-order valence-electron chi connectivity index (χ2n) is 8.31. The van der Waals surface area contributed by atoms with Crippen molar-refractivity contribution in [3.8, 4) is 22.8 Å². The standard InChI is InChI=1S/C23H25BN2O3/c1-16-12-14-25-15-20(16)19-7-6-13-26-21(19)27-18-10-8-17(9-11-18)24-28-22(2,3)23(4,5)29-24/h6-15H,1-5H3. The lowest BCUT2D eigenvalue weighted by molar-refractivity contribution is 0.00578. The Hall–Kier alpha value is -2.70. The predicted octanol–water partition coefficient (Wildman–Crippen LogP) is 4.54. The van der Waals surface area contributed by atoms with Crippen LogP contribution in [0.3, 0.4) is 0 Å². The number of benzene rings is 1. The summed E-state index contributed by atoms with van der Waals surface area (Å²) in [6.45, 7) is 10.2. The van der Waals surface area contributed by atoms with Crippen molar-refractivity contribution in [1.29, 1.82) is 0 Å². The van der Waals surface area contributed by atoms with Crippen LogP contribution in [0.25, 0.3) is 11.1 Å². The van der Waals surface area contributed by atoms with Crippen LogP contribution in [0.15, 0.2) is 61.1 Å². The SMILES string of the molecule is Cc1ccncc1-c1cccnc1Oc1ccc(B2OC(C)(C)C(C)(C)O2)cc1. The Morgan fingerprint density at radius 1 is 0.862 bits per heavy atom. The van der Waals surface area contributed by atoms with Crippen molar-refractivity contribution in [2.45, 2.75) is 45.8 Å². The predicted molar refractivity (Wildman–Crippen MR) is 114 cm³/mol. The first-order valence-electron chi connectivity index (χ1n) is 9.76. The molecule has 0 amide bonds. The summed E-state index contributed by atoms with van der Waals surface area (Å²) in [6.07, 6.45) is 5.34. The van der Waals surface area contributed by atoms with E-state index in [1.54, 1.807) is 12.4 Å². The average Bonchev–Trinajstić information content (AvgIpc) is 2.91. The van der Waals surface area contributed by atoms with Crippen molar-refractivity contribution in [3.63, 3.8) is 0 Å². The maximum atomic E-state index is 6.12. The van der Waals surface area contributed by atoms with Gasteiger partial charge >= 0.3 is 7.12 Å². The maximum absolute atomic E-state index is 6.12. The fourth-order valence-electron chi connectivity index (χ4n) is 3.21. The first-order valence-corrected chi connectivity index (χ1v) is 9.76. The van der Waals surface area contributed by atoms with E-state index in [0.717, 1.165) is 22.2 Å². The molecule has 0 radical (unpaired) electrons. The van der Waals surface area contributed by atoms with Crippen molar-refractivity contribution >= 4 is 12.6 Å². The molecule has 0 unspecified atom stereocenters. The van der Waals surface area contributed by atoms with E-state index in [1.165, 1.54) is 0 Å². The largest absolute Gasteiger partial charge is 0.494 e. The number of rotatable bonds is 4. The number of aromatic nitrogens is 2. The van der Waals surface area contributed by atoms with Crippen LogP contribution < -0.4 is 10.2 Å². The molecule has 4 rings (SSSR count). The lowest BCUT2D eigenvalue weighted by Gasteiger charge is -2.32. The van der Waals surface area contributed by atoms with Gasteiger partial charge in [0.2, 0.25) is 5.88 Å². The van der Waals surface area contributed by atoms with Gasteiger partial charge in [0.05, 0.1) is 11.2 Å². The van der Waals surface area contributed by atoms with E-state index in [1.807, 2.05) is 83.3 Å². The van der Waals surface area contributed by atoms with Crippen LogP contribution >= 0.6 is 0 Å². The van der Waals surface area contributed by atoms with Gasteiger partial charge in [0.15, 0.2) is 0 Å². The molecule has 6 heteroatoms. The van der Waals surface area contributed by atoms with E-state index in [-0.39, 0.29) is 11.2 Å². The van der Waals surface area contributed by atoms with Gasteiger partial charge in [-0.05, 0) is 76.0 Å². The van der Waals surface area contributed by atoms with Gasteiger partial charge in [-0.25, -0.2) is 4.98 Å². The van der Waals surface area contributed by atoms with Gasteiger partial charge in [-0.1, -0.05) is 12.1 Å². The Balaban J connectivity index is 1.56. The monoisotopic (exact) mass is 388 g/mol.